The van der Waals surface area contributed by atoms with Crippen molar-refractivity contribution in [3.8, 4) is 0 Å². The Bertz CT molecular complexity index is 102. The van der Waals surface area contributed by atoms with E-state index in [1.165, 1.54) is 0 Å². The van der Waals surface area contributed by atoms with Gasteiger partial charge in [-0.1, -0.05) is 26.7 Å². The molecular weight excluding hydrogens is 179 g/mol. The van der Waals surface area contributed by atoms with E-state index in [9.17, 15) is 4.79 Å². The van der Waals surface area contributed by atoms with Gasteiger partial charge in [-0.3, -0.25) is 4.79 Å². The third kappa shape index (κ3) is 13.1. The molecule has 11 heavy (non-hydrogen) atoms. The predicted octanol–water partition coefficient (Wildman–Crippen LogP) is 2.28. The van der Waals surface area contributed by atoms with Crippen LogP contribution in [0.4, 0.5) is 0 Å². The van der Waals surface area contributed by atoms with Crippen LogP contribution in [0.1, 0.15) is 39.5 Å². The monoisotopic (exact) mass is 195 g/mol. The average molecular weight is 195 g/mol. The molecule has 2 nitrogen and oxygen atoms in total. The second kappa shape index (κ2) is 8.15. The number of carboxylic acids is 1. The molecular formula is C8H16O2V. The maximum absolute atomic E-state index is 10.0. The van der Waals surface area contributed by atoms with Gasteiger partial charge in [0.2, 0.25) is 0 Å². The van der Waals surface area contributed by atoms with Crippen LogP contribution < -0.4 is 0 Å². The van der Waals surface area contributed by atoms with Gasteiger partial charge >= 0.3 is 5.97 Å². The van der Waals surface area contributed by atoms with Crippen molar-refractivity contribution >= 4 is 5.97 Å². The van der Waals surface area contributed by atoms with Gasteiger partial charge in [0.05, 0.1) is 0 Å². The molecule has 0 unspecified atom stereocenters. The molecule has 0 aromatic heterocycles. The van der Waals surface area contributed by atoms with Gasteiger partial charge in [-0.15, -0.1) is 0 Å². The molecule has 0 aliphatic heterocycles. The normalized spacial score (nSPS) is 9.36. The summed E-state index contributed by atoms with van der Waals surface area (Å²) in [6.07, 6.45) is 3.34. The smallest absolute Gasteiger partial charge is 0.303 e. The Morgan fingerprint density at radius 3 is 2.27 bits per heavy atom. The molecule has 0 atom stereocenters. The molecule has 0 fully saturated rings. The Balaban J connectivity index is 0. The molecule has 3 heteroatoms. The number of carboxylic acid groups (broad SMARTS) is 1. The molecule has 0 aliphatic rings. The van der Waals surface area contributed by atoms with Crippen LogP contribution in [0.3, 0.4) is 0 Å². The van der Waals surface area contributed by atoms with E-state index in [0.29, 0.717) is 12.3 Å². The van der Waals surface area contributed by atoms with Gasteiger partial charge in [0.15, 0.2) is 0 Å². The number of carbonyl (C=O) groups is 1. The van der Waals surface area contributed by atoms with Crippen molar-refractivity contribution in [3.05, 3.63) is 0 Å². The van der Waals surface area contributed by atoms with E-state index >= 15 is 0 Å². The molecule has 0 amide bonds. The first-order valence-electron chi connectivity index (χ1n) is 3.84. The van der Waals surface area contributed by atoms with Gasteiger partial charge in [-0.25, -0.2) is 0 Å². The van der Waals surface area contributed by atoms with E-state index < -0.39 is 5.97 Å². The molecule has 0 spiro atoms. The zero-order valence-corrected chi connectivity index (χ0v) is 8.61. The summed E-state index contributed by atoms with van der Waals surface area (Å²) in [4.78, 5) is 10.0. The summed E-state index contributed by atoms with van der Waals surface area (Å²) in [7, 11) is 0. The first kappa shape index (κ1) is 13.6. The topological polar surface area (TPSA) is 37.3 Å². The molecule has 0 rings (SSSR count). The zero-order valence-electron chi connectivity index (χ0n) is 7.21. The zero-order chi connectivity index (χ0) is 7.98. The van der Waals surface area contributed by atoms with Crippen molar-refractivity contribution < 1.29 is 28.5 Å². The minimum absolute atomic E-state index is 0. The fourth-order valence-electron chi connectivity index (χ4n) is 0.829. The minimum atomic E-state index is -0.677. The molecule has 0 saturated carbocycles. The van der Waals surface area contributed by atoms with E-state index in [0.717, 1.165) is 19.3 Å². The second-order valence-electron chi connectivity index (χ2n) is 3.03. The summed E-state index contributed by atoms with van der Waals surface area (Å²) >= 11 is 0. The Morgan fingerprint density at radius 1 is 1.36 bits per heavy atom. The molecule has 0 bridgehead atoms. The Hall–Kier alpha value is 0.0544. The summed E-state index contributed by atoms with van der Waals surface area (Å²) < 4.78 is 0. The fourth-order valence-corrected chi connectivity index (χ4v) is 0.829. The first-order chi connectivity index (χ1) is 4.63. The van der Waals surface area contributed by atoms with Crippen LogP contribution >= 0.6 is 0 Å². The van der Waals surface area contributed by atoms with Crippen LogP contribution in [0.25, 0.3) is 0 Å². The predicted molar refractivity (Wildman–Crippen MR) is 40.9 cm³/mol. The molecule has 1 N–H and O–H groups in total. The summed E-state index contributed by atoms with van der Waals surface area (Å²) in [5, 5.41) is 8.28. The third-order valence-electron chi connectivity index (χ3n) is 1.42. The van der Waals surface area contributed by atoms with Crippen molar-refractivity contribution in [2.45, 2.75) is 39.5 Å². The quantitative estimate of drug-likeness (QED) is 0.683. The number of hydrogen-bond donors (Lipinski definition) is 1. The fraction of sp³-hybridized carbons (Fsp3) is 0.875. The van der Waals surface area contributed by atoms with Crippen molar-refractivity contribution in [2.75, 3.05) is 0 Å². The van der Waals surface area contributed by atoms with Gasteiger partial charge in [0, 0.05) is 25.0 Å². The molecule has 0 aromatic carbocycles. The van der Waals surface area contributed by atoms with Crippen LogP contribution in [-0.4, -0.2) is 11.1 Å². The molecule has 0 aromatic rings. The summed E-state index contributed by atoms with van der Waals surface area (Å²) in [5.74, 6) is 0.0255. The maximum atomic E-state index is 10.0. The summed E-state index contributed by atoms with van der Waals surface area (Å²) in [5.41, 5.74) is 0. The van der Waals surface area contributed by atoms with Crippen LogP contribution in [0.5, 0.6) is 0 Å². The Morgan fingerprint density at radius 2 is 1.91 bits per heavy atom. The van der Waals surface area contributed by atoms with E-state index in [-0.39, 0.29) is 18.6 Å². The van der Waals surface area contributed by atoms with Crippen LogP contribution in [0.2, 0.25) is 0 Å². The third-order valence-corrected chi connectivity index (χ3v) is 1.42. The van der Waals surface area contributed by atoms with Crippen molar-refractivity contribution in [1.29, 1.82) is 0 Å². The summed E-state index contributed by atoms with van der Waals surface area (Å²) in [6, 6.07) is 0. The Kier molecular flexibility index (Phi) is 10.1. The number of hydrogen-bond acceptors (Lipinski definition) is 1. The number of rotatable bonds is 5. The number of aliphatic carboxylic acids is 1. The maximum Gasteiger partial charge on any atom is 0.303 e. The van der Waals surface area contributed by atoms with Crippen LogP contribution in [0.15, 0.2) is 0 Å². The van der Waals surface area contributed by atoms with Crippen molar-refractivity contribution in [2.24, 2.45) is 5.92 Å². The van der Waals surface area contributed by atoms with E-state index in [1.54, 1.807) is 0 Å². The number of unbranched alkanes of at least 4 members (excludes halogenated alkanes) is 1. The first-order valence-corrected chi connectivity index (χ1v) is 3.84. The van der Waals surface area contributed by atoms with E-state index in [1.807, 2.05) is 0 Å². The standard InChI is InChI=1S/C8H16O2.V/c1-7(2)5-3-4-6-8(9)10;/h7H,3-6H2,1-2H3,(H,9,10);. The molecule has 65 valence electrons. The largest absolute Gasteiger partial charge is 0.481 e. The second-order valence-corrected chi connectivity index (χ2v) is 3.03. The average Bonchev–Trinajstić information content (AvgIpc) is 1.79. The molecule has 1 radical (unpaired) electrons. The van der Waals surface area contributed by atoms with Crippen molar-refractivity contribution in [1.82, 2.24) is 0 Å². The van der Waals surface area contributed by atoms with Gasteiger partial charge in [0.1, 0.15) is 0 Å². The van der Waals surface area contributed by atoms with E-state index in [4.69, 9.17) is 5.11 Å². The van der Waals surface area contributed by atoms with Gasteiger partial charge in [-0.05, 0) is 12.3 Å². The molecule has 0 saturated heterocycles. The van der Waals surface area contributed by atoms with Gasteiger partial charge in [-0.2, -0.15) is 0 Å². The van der Waals surface area contributed by atoms with Crippen LogP contribution in [-0.2, 0) is 23.4 Å². The van der Waals surface area contributed by atoms with Crippen LogP contribution in [0, 0.1) is 5.92 Å². The molecule has 0 heterocycles. The molecule has 0 aliphatic carbocycles. The SMILES string of the molecule is CC(C)CCCCC(=O)O.[V]. The van der Waals surface area contributed by atoms with E-state index in [2.05, 4.69) is 13.8 Å². The summed E-state index contributed by atoms with van der Waals surface area (Å²) in [6.45, 7) is 4.31. The minimum Gasteiger partial charge on any atom is -0.481 e. The van der Waals surface area contributed by atoms with Gasteiger partial charge in [0.25, 0.3) is 0 Å². The van der Waals surface area contributed by atoms with Gasteiger partial charge < -0.3 is 5.11 Å². The Labute approximate surface area is 80.3 Å². The van der Waals surface area contributed by atoms with Crippen molar-refractivity contribution in [3.63, 3.8) is 0 Å².